The second-order valence-electron chi connectivity index (χ2n) is 4.38. The fraction of sp³-hybridized carbons (Fsp3) is 0.188. The summed E-state index contributed by atoms with van der Waals surface area (Å²) in [5, 5.41) is 6.68. The van der Waals surface area contributed by atoms with Crippen LogP contribution in [0.4, 0.5) is 11.4 Å². The number of methoxy groups -OCH3 is 3. The van der Waals surface area contributed by atoms with E-state index in [2.05, 4.69) is 10.6 Å². The lowest BCUT2D eigenvalue weighted by Gasteiger charge is -2.13. The monoisotopic (exact) mass is 318 g/mol. The molecule has 0 aliphatic heterocycles. The van der Waals surface area contributed by atoms with Gasteiger partial charge in [-0.1, -0.05) is 0 Å². The van der Waals surface area contributed by atoms with Gasteiger partial charge in [-0.2, -0.15) is 0 Å². The van der Waals surface area contributed by atoms with Crippen LogP contribution in [-0.4, -0.2) is 26.4 Å². The second kappa shape index (κ2) is 7.51. The Bertz CT molecular complexity index is 644. The van der Waals surface area contributed by atoms with Gasteiger partial charge in [0, 0.05) is 17.4 Å². The van der Waals surface area contributed by atoms with E-state index in [1.54, 1.807) is 21.3 Å². The van der Waals surface area contributed by atoms with Crippen LogP contribution in [-0.2, 0) is 0 Å². The van der Waals surface area contributed by atoms with Gasteiger partial charge in [-0.05, 0) is 48.6 Å². The van der Waals surface area contributed by atoms with Crippen LogP contribution in [0.3, 0.4) is 0 Å². The van der Waals surface area contributed by atoms with Crippen molar-refractivity contribution in [2.75, 3.05) is 32.0 Å². The van der Waals surface area contributed by atoms with Crippen LogP contribution in [0.25, 0.3) is 0 Å². The number of hydrogen-bond acceptors (Lipinski definition) is 4. The van der Waals surface area contributed by atoms with Crippen LogP contribution in [0.2, 0.25) is 0 Å². The second-order valence-corrected chi connectivity index (χ2v) is 4.79. The van der Waals surface area contributed by atoms with Crippen LogP contribution < -0.4 is 24.8 Å². The standard InChI is InChI=1S/C16H18N2O3S/c1-19-13-7-4-11(5-8-13)17-16(22)18-12-6-9-14(20-2)15(10-12)21-3/h4-10H,1-3H3,(H2,17,18,22). The Kier molecular flexibility index (Phi) is 5.43. The zero-order chi connectivity index (χ0) is 15.9. The molecular formula is C16H18N2O3S. The summed E-state index contributed by atoms with van der Waals surface area (Å²) in [7, 11) is 4.82. The van der Waals surface area contributed by atoms with Gasteiger partial charge >= 0.3 is 0 Å². The molecule has 0 radical (unpaired) electrons. The molecule has 0 aliphatic carbocycles. The van der Waals surface area contributed by atoms with Crippen LogP contribution in [0.1, 0.15) is 0 Å². The Labute approximate surface area is 135 Å². The van der Waals surface area contributed by atoms with Crippen LogP contribution in [0.15, 0.2) is 42.5 Å². The number of thiocarbonyl (C=S) groups is 1. The van der Waals surface area contributed by atoms with Crippen molar-refractivity contribution in [3.05, 3.63) is 42.5 Å². The molecule has 6 heteroatoms. The predicted octanol–water partition coefficient (Wildman–Crippen LogP) is 3.52. The quantitative estimate of drug-likeness (QED) is 0.823. The summed E-state index contributed by atoms with van der Waals surface area (Å²) in [5.74, 6) is 2.10. The molecule has 0 bridgehead atoms. The number of rotatable bonds is 5. The van der Waals surface area contributed by atoms with Gasteiger partial charge in [0.2, 0.25) is 0 Å². The molecule has 2 aromatic carbocycles. The number of benzene rings is 2. The summed E-state index contributed by atoms with van der Waals surface area (Å²) in [6.45, 7) is 0. The molecule has 22 heavy (non-hydrogen) atoms. The predicted molar refractivity (Wildman–Crippen MR) is 92.4 cm³/mol. The number of hydrogen-bond donors (Lipinski definition) is 2. The molecule has 0 unspecified atom stereocenters. The van der Waals surface area contributed by atoms with Gasteiger partial charge in [0.25, 0.3) is 0 Å². The van der Waals surface area contributed by atoms with Crippen LogP contribution in [0.5, 0.6) is 17.2 Å². The van der Waals surface area contributed by atoms with E-state index in [0.717, 1.165) is 17.1 Å². The summed E-state index contributed by atoms with van der Waals surface area (Å²) < 4.78 is 15.6. The van der Waals surface area contributed by atoms with E-state index in [-0.39, 0.29) is 0 Å². The molecule has 0 amide bonds. The van der Waals surface area contributed by atoms with E-state index in [1.807, 2.05) is 42.5 Å². The highest BCUT2D eigenvalue weighted by atomic mass is 32.1. The van der Waals surface area contributed by atoms with Gasteiger partial charge in [0.05, 0.1) is 21.3 Å². The van der Waals surface area contributed by atoms with E-state index < -0.39 is 0 Å². The molecule has 0 aromatic heterocycles. The van der Waals surface area contributed by atoms with Gasteiger partial charge < -0.3 is 24.8 Å². The van der Waals surface area contributed by atoms with Crippen molar-refractivity contribution in [1.29, 1.82) is 0 Å². The number of ether oxygens (including phenoxy) is 3. The first-order valence-corrected chi connectivity index (χ1v) is 7.01. The fourth-order valence-corrected chi connectivity index (χ4v) is 2.12. The third-order valence-electron chi connectivity index (χ3n) is 2.99. The van der Waals surface area contributed by atoms with Gasteiger partial charge in [-0.25, -0.2) is 0 Å². The summed E-state index contributed by atoms with van der Waals surface area (Å²) >= 11 is 5.29. The molecule has 5 nitrogen and oxygen atoms in total. The summed E-state index contributed by atoms with van der Waals surface area (Å²) in [6, 6.07) is 13.0. The molecule has 0 spiro atoms. The van der Waals surface area contributed by atoms with Crippen molar-refractivity contribution in [3.63, 3.8) is 0 Å². The summed E-state index contributed by atoms with van der Waals surface area (Å²) in [5.41, 5.74) is 1.68. The van der Waals surface area contributed by atoms with E-state index in [0.29, 0.717) is 16.6 Å². The Balaban J connectivity index is 2.02. The molecule has 2 rings (SSSR count). The Morgan fingerprint density at radius 1 is 0.773 bits per heavy atom. The van der Waals surface area contributed by atoms with Crippen molar-refractivity contribution >= 4 is 28.7 Å². The summed E-state index contributed by atoms with van der Waals surface area (Å²) in [4.78, 5) is 0. The lowest BCUT2D eigenvalue weighted by atomic mass is 10.2. The van der Waals surface area contributed by atoms with E-state index in [9.17, 15) is 0 Å². The first kappa shape index (κ1) is 15.9. The average molecular weight is 318 g/mol. The van der Waals surface area contributed by atoms with Crippen molar-refractivity contribution < 1.29 is 14.2 Å². The molecule has 0 atom stereocenters. The van der Waals surface area contributed by atoms with Gasteiger partial charge in [-0.15, -0.1) is 0 Å². The Hall–Kier alpha value is -2.47. The van der Waals surface area contributed by atoms with E-state index >= 15 is 0 Å². The van der Waals surface area contributed by atoms with Crippen molar-refractivity contribution in [1.82, 2.24) is 0 Å². The Morgan fingerprint density at radius 3 is 1.95 bits per heavy atom. The molecule has 2 aromatic rings. The lowest BCUT2D eigenvalue weighted by molar-refractivity contribution is 0.355. The highest BCUT2D eigenvalue weighted by Gasteiger charge is 2.06. The first-order chi connectivity index (χ1) is 10.7. The average Bonchev–Trinajstić information content (AvgIpc) is 2.55. The lowest BCUT2D eigenvalue weighted by Crippen LogP contribution is -2.19. The normalized spacial score (nSPS) is 9.77. The number of nitrogens with one attached hydrogen (secondary N) is 2. The van der Waals surface area contributed by atoms with Gasteiger partial charge in [0.15, 0.2) is 16.6 Å². The zero-order valence-electron chi connectivity index (χ0n) is 12.7. The molecule has 2 N–H and O–H groups in total. The highest BCUT2D eigenvalue weighted by Crippen LogP contribution is 2.29. The van der Waals surface area contributed by atoms with E-state index in [4.69, 9.17) is 26.4 Å². The number of anilines is 2. The Morgan fingerprint density at radius 2 is 1.36 bits per heavy atom. The minimum atomic E-state index is 0.484. The SMILES string of the molecule is COc1ccc(NC(=S)Nc2ccc(OC)c(OC)c2)cc1. The largest absolute Gasteiger partial charge is 0.497 e. The fourth-order valence-electron chi connectivity index (χ4n) is 1.88. The first-order valence-electron chi connectivity index (χ1n) is 6.60. The van der Waals surface area contributed by atoms with Gasteiger partial charge in [0.1, 0.15) is 5.75 Å². The summed E-state index contributed by atoms with van der Waals surface area (Å²) in [6.07, 6.45) is 0. The zero-order valence-corrected chi connectivity index (χ0v) is 13.5. The maximum absolute atomic E-state index is 5.29. The van der Waals surface area contributed by atoms with Gasteiger partial charge in [-0.3, -0.25) is 0 Å². The van der Waals surface area contributed by atoms with Crippen LogP contribution in [0, 0.1) is 0 Å². The molecule has 0 heterocycles. The van der Waals surface area contributed by atoms with Crippen molar-refractivity contribution in [2.45, 2.75) is 0 Å². The smallest absolute Gasteiger partial charge is 0.175 e. The van der Waals surface area contributed by atoms with Crippen molar-refractivity contribution in [2.24, 2.45) is 0 Å². The minimum absolute atomic E-state index is 0.484. The van der Waals surface area contributed by atoms with E-state index in [1.165, 1.54) is 0 Å². The highest BCUT2D eigenvalue weighted by molar-refractivity contribution is 7.80. The molecular weight excluding hydrogens is 300 g/mol. The third kappa shape index (κ3) is 4.02. The third-order valence-corrected chi connectivity index (χ3v) is 3.19. The molecule has 116 valence electrons. The molecule has 0 saturated carbocycles. The van der Waals surface area contributed by atoms with Crippen molar-refractivity contribution in [3.8, 4) is 17.2 Å². The topological polar surface area (TPSA) is 51.8 Å². The maximum Gasteiger partial charge on any atom is 0.175 e. The minimum Gasteiger partial charge on any atom is -0.497 e. The maximum atomic E-state index is 5.29. The van der Waals surface area contributed by atoms with Crippen LogP contribution >= 0.6 is 12.2 Å². The molecule has 0 fully saturated rings. The molecule has 0 saturated heterocycles. The molecule has 0 aliphatic rings.